The number of hydrogen-bond acceptors (Lipinski definition) is 0. The third-order valence-corrected chi connectivity index (χ3v) is 5.61. The van der Waals surface area contributed by atoms with Crippen molar-refractivity contribution in [2.24, 2.45) is 0 Å². The van der Waals surface area contributed by atoms with E-state index in [4.69, 9.17) is 0 Å². The Morgan fingerprint density at radius 1 is 0.552 bits per heavy atom. The Bertz CT molecular complexity index is 1060. The lowest BCUT2D eigenvalue weighted by atomic mass is 9.67. The van der Waals surface area contributed by atoms with Crippen molar-refractivity contribution in [1.29, 1.82) is 0 Å². The fourth-order valence-electron chi connectivity index (χ4n) is 4.59. The van der Waals surface area contributed by atoms with E-state index in [1.165, 1.54) is 45.4 Å². The molecule has 1 aliphatic carbocycles. The van der Waals surface area contributed by atoms with Crippen LogP contribution >= 0.6 is 0 Å². The van der Waals surface area contributed by atoms with Gasteiger partial charge in [-0.3, -0.25) is 0 Å². The van der Waals surface area contributed by atoms with Crippen LogP contribution in [0.2, 0.25) is 0 Å². The molecule has 144 valence electrons. The van der Waals surface area contributed by atoms with Crippen LogP contribution in [-0.4, -0.2) is 0 Å². The van der Waals surface area contributed by atoms with Gasteiger partial charge in [0.05, 0.1) is 5.41 Å². The normalized spacial score (nSPS) is 13.1. The van der Waals surface area contributed by atoms with E-state index in [9.17, 15) is 0 Å². The van der Waals surface area contributed by atoms with Gasteiger partial charge >= 0.3 is 0 Å². The second-order valence-corrected chi connectivity index (χ2v) is 7.78. The minimum absolute atomic E-state index is 0.263. The van der Waals surface area contributed by atoms with Gasteiger partial charge in [0, 0.05) is 0 Å². The topological polar surface area (TPSA) is 0 Å². The zero-order valence-corrected chi connectivity index (χ0v) is 17.5. The van der Waals surface area contributed by atoms with E-state index >= 15 is 0 Å². The maximum atomic E-state index is 2.34. The Kier molecular flexibility index (Phi) is 5.36. The smallest absolute Gasteiger partial charge is 0.0656 e. The minimum Gasteiger partial charge on any atom is -0.0656 e. The van der Waals surface area contributed by atoms with Crippen LogP contribution in [0.5, 0.6) is 0 Å². The van der Waals surface area contributed by atoms with Crippen molar-refractivity contribution in [2.45, 2.75) is 32.6 Å². The summed E-state index contributed by atoms with van der Waals surface area (Å²) in [6, 6.07) is 37.6. The first kappa shape index (κ1) is 19.2. The molecule has 0 bridgehead atoms. The van der Waals surface area contributed by atoms with E-state index in [2.05, 4.69) is 124 Å². The van der Waals surface area contributed by atoms with Crippen LogP contribution in [-0.2, 0) is 5.41 Å². The molecule has 0 nitrogen and oxygen atoms in total. The van der Waals surface area contributed by atoms with Gasteiger partial charge in [-0.2, -0.15) is 0 Å². The van der Waals surface area contributed by atoms with Gasteiger partial charge in [0.25, 0.3) is 0 Å². The summed E-state index contributed by atoms with van der Waals surface area (Å²) in [5.41, 5.74) is 9.11. The maximum Gasteiger partial charge on any atom is 0.0713 e. The lowest BCUT2D eigenvalue weighted by molar-refractivity contribution is 0.767. The molecule has 0 saturated carbocycles. The summed E-state index contributed by atoms with van der Waals surface area (Å²) in [7, 11) is 0. The Morgan fingerprint density at radius 3 is 1.59 bits per heavy atom. The van der Waals surface area contributed by atoms with Gasteiger partial charge in [-0.1, -0.05) is 129 Å². The lowest BCUT2D eigenvalue weighted by Gasteiger charge is -2.34. The Labute approximate surface area is 174 Å². The lowest BCUT2D eigenvalue weighted by Crippen LogP contribution is -2.28. The number of hydrogen-bond donors (Lipinski definition) is 0. The van der Waals surface area contributed by atoms with Crippen LogP contribution in [0.1, 0.15) is 48.1 Å². The highest BCUT2D eigenvalue weighted by atomic mass is 14.5. The fourth-order valence-corrected chi connectivity index (χ4v) is 4.59. The van der Waals surface area contributed by atoms with E-state index in [0.29, 0.717) is 0 Å². The van der Waals surface area contributed by atoms with Crippen LogP contribution in [0.3, 0.4) is 0 Å². The molecule has 0 heteroatoms. The fraction of sp³-hybridized carbons (Fsp3) is 0.172. The van der Waals surface area contributed by atoms with Gasteiger partial charge in [-0.25, -0.2) is 0 Å². The zero-order valence-electron chi connectivity index (χ0n) is 17.5. The van der Waals surface area contributed by atoms with Crippen LogP contribution in [0.25, 0.3) is 11.1 Å². The molecule has 0 unspecified atom stereocenters. The van der Waals surface area contributed by atoms with Crippen LogP contribution in [0.4, 0.5) is 0 Å². The predicted molar refractivity (Wildman–Crippen MR) is 124 cm³/mol. The van der Waals surface area contributed by atoms with Gasteiger partial charge in [0.2, 0.25) is 0 Å². The molecule has 4 aromatic rings. The molecule has 0 aliphatic heterocycles. The summed E-state index contributed by atoms with van der Waals surface area (Å²) in [6.07, 6.45) is 1.25. The van der Waals surface area contributed by atoms with Crippen molar-refractivity contribution in [1.82, 2.24) is 0 Å². The van der Waals surface area contributed by atoms with E-state index in [1.807, 2.05) is 0 Å². The summed E-state index contributed by atoms with van der Waals surface area (Å²) in [6.45, 7) is 6.43. The first-order valence-corrected chi connectivity index (χ1v) is 10.6. The molecule has 29 heavy (non-hydrogen) atoms. The Balaban J connectivity index is 0.000000645. The summed E-state index contributed by atoms with van der Waals surface area (Å²) in [4.78, 5) is 0. The highest BCUT2D eigenvalue weighted by molar-refractivity contribution is 5.86. The number of fused-ring (bicyclic) bond motifs is 3. The van der Waals surface area contributed by atoms with Gasteiger partial charge < -0.3 is 0 Å². The molecule has 5 rings (SSSR count). The highest BCUT2D eigenvalue weighted by Gasteiger charge is 2.45. The monoisotopic (exact) mass is 376 g/mol. The van der Waals surface area contributed by atoms with Crippen molar-refractivity contribution >= 4 is 0 Å². The molecule has 0 radical (unpaired) electrons. The number of aryl methyl sites for hydroxylation is 1. The number of rotatable bonds is 2. The standard InChI is InChI=1S/C26H20.C3H8/c1-19-10-9-13-21(18-19)26(20-11-3-2-4-12-20)24-16-7-5-14-22(24)23-15-6-8-17-25(23)26;1-3-2/h2-18H,1H3;3H2,1-2H3. The highest BCUT2D eigenvalue weighted by Crippen LogP contribution is 2.55. The van der Waals surface area contributed by atoms with Gasteiger partial charge in [0.1, 0.15) is 0 Å². The van der Waals surface area contributed by atoms with E-state index in [0.717, 1.165) is 0 Å². The zero-order chi connectivity index (χ0) is 20.3. The summed E-state index contributed by atoms with van der Waals surface area (Å²) < 4.78 is 0. The second kappa shape index (κ2) is 8.09. The maximum absolute atomic E-state index is 2.34. The summed E-state index contributed by atoms with van der Waals surface area (Å²) >= 11 is 0. The van der Waals surface area contributed by atoms with Crippen molar-refractivity contribution in [3.05, 3.63) is 131 Å². The molecule has 0 amide bonds. The van der Waals surface area contributed by atoms with Crippen molar-refractivity contribution < 1.29 is 0 Å². The molecule has 0 saturated heterocycles. The van der Waals surface area contributed by atoms with Crippen LogP contribution < -0.4 is 0 Å². The first-order chi connectivity index (χ1) is 14.2. The molecular formula is C29H28. The van der Waals surface area contributed by atoms with Crippen LogP contribution in [0.15, 0.2) is 103 Å². The third-order valence-electron chi connectivity index (χ3n) is 5.61. The molecule has 0 fully saturated rings. The Hall–Kier alpha value is -3.12. The predicted octanol–water partition coefficient (Wildman–Crippen LogP) is 7.77. The van der Waals surface area contributed by atoms with E-state index in [1.54, 1.807) is 0 Å². The van der Waals surface area contributed by atoms with E-state index in [-0.39, 0.29) is 5.41 Å². The molecule has 0 N–H and O–H groups in total. The molecular weight excluding hydrogens is 348 g/mol. The molecule has 0 atom stereocenters. The molecule has 1 aliphatic rings. The largest absolute Gasteiger partial charge is 0.0713 e. The Morgan fingerprint density at radius 2 is 1.03 bits per heavy atom. The van der Waals surface area contributed by atoms with Crippen molar-refractivity contribution in [3.63, 3.8) is 0 Å². The summed E-state index contributed by atoms with van der Waals surface area (Å²) in [5, 5.41) is 0. The average molecular weight is 377 g/mol. The average Bonchev–Trinajstić information content (AvgIpc) is 3.06. The molecule has 0 heterocycles. The van der Waals surface area contributed by atoms with Crippen molar-refractivity contribution in [3.8, 4) is 11.1 Å². The molecule has 4 aromatic carbocycles. The van der Waals surface area contributed by atoms with Gasteiger partial charge in [-0.05, 0) is 40.3 Å². The summed E-state index contributed by atoms with van der Waals surface area (Å²) in [5.74, 6) is 0. The second-order valence-electron chi connectivity index (χ2n) is 7.78. The minimum atomic E-state index is -0.263. The molecule has 0 aromatic heterocycles. The van der Waals surface area contributed by atoms with Gasteiger partial charge in [0.15, 0.2) is 0 Å². The SMILES string of the molecule is CCC.Cc1cccc(C2(c3ccccc3)c3ccccc3-c3ccccc32)c1. The van der Waals surface area contributed by atoms with Crippen LogP contribution in [0, 0.1) is 6.92 Å². The first-order valence-electron chi connectivity index (χ1n) is 10.6. The quantitative estimate of drug-likeness (QED) is 0.295. The molecule has 0 spiro atoms. The van der Waals surface area contributed by atoms with Gasteiger partial charge in [-0.15, -0.1) is 0 Å². The van der Waals surface area contributed by atoms with Crippen molar-refractivity contribution in [2.75, 3.05) is 0 Å². The van der Waals surface area contributed by atoms with E-state index < -0.39 is 0 Å². The number of benzene rings is 4. The third kappa shape index (κ3) is 3.09.